The third kappa shape index (κ3) is 3.07. The molecule has 1 aromatic heterocycles. The smallest absolute Gasteiger partial charge is 0.242 e. The van der Waals surface area contributed by atoms with Crippen LogP contribution in [0, 0.1) is 0 Å². The fourth-order valence-electron chi connectivity index (χ4n) is 1.43. The van der Waals surface area contributed by atoms with Crippen molar-refractivity contribution in [2.75, 3.05) is 0 Å². The fourth-order valence-corrected chi connectivity index (χ4v) is 2.85. The predicted octanol–water partition coefficient (Wildman–Crippen LogP) is 0.940. The number of aromatic nitrogens is 1. The molecule has 0 aliphatic heterocycles. The maximum absolute atomic E-state index is 11.9. The second-order valence-electron chi connectivity index (χ2n) is 3.70. The summed E-state index contributed by atoms with van der Waals surface area (Å²) in [6.45, 7) is 4.22. The lowest BCUT2D eigenvalue weighted by Gasteiger charge is -2.13. The van der Waals surface area contributed by atoms with Gasteiger partial charge in [-0.1, -0.05) is 13.8 Å². The molecule has 5 nitrogen and oxygen atoms in total. The average Bonchev–Trinajstić information content (AvgIpc) is 2.75. The van der Waals surface area contributed by atoms with E-state index < -0.39 is 10.0 Å². The molecular weight excluding hydrogens is 226 g/mol. The molecule has 16 heavy (non-hydrogen) atoms. The van der Waals surface area contributed by atoms with Gasteiger partial charge in [0.05, 0.1) is 4.90 Å². The summed E-state index contributed by atoms with van der Waals surface area (Å²) in [5.74, 6) is 0. The van der Waals surface area contributed by atoms with E-state index in [0.29, 0.717) is 12.2 Å². The highest BCUT2D eigenvalue weighted by atomic mass is 32.2. The van der Waals surface area contributed by atoms with Crippen molar-refractivity contribution in [1.29, 1.82) is 0 Å². The molecule has 0 aliphatic carbocycles. The lowest BCUT2D eigenvalue weighted by Crippen LogP contribution is -2.33. The zero-order valence-electron chi connectivity index (χ0n) is 9.66. The molecule has 6 heteroatoms. The number of sulfonamides is 1. The van der Waals surface area contributed by atoms with Crippen LogP contribution in [0.5, 0.6) is 0 Å². The second-order valence-corrected chi connectivity index (χ2v) is 5.41. The molecule has 0 atom stereocenters. The lowest BCUT2D eigenvalue weighted by atomic mass is 10.2. The average molecular weight is 245 g/mol. The van der Waals surface area contributed by atoms with Crippen LogP contribution in [0.15, 0.2) is 17.2 Å². The van der Waals surface area contributed by atoms with Crippen molar-refractivity contribution in [3.8, 4) is 0 Å². The second kappa shape index (κ2) is 5.47. The van der Waals surface area contributed by atoms with Gasteiger partial charge in [-0.3, -0.25) is 0 Å². The molecule has 1 heterocycles. The largest absolute Gasteiger partial charge is 0.363 e. The van der Waals surface area contributed by atoms with Crippen LogP contribution in [0.1, 0.15) is 32.4 Å². The van der Waals surface area contributed by atoms with Gasteiger partial charge < -0.3 is 10.7 Å². The van der Waals surface area contributed by atoms with Crippen molar-refractivity contribution in [1.82, 2.24) is 9.71 Å². The molecule has 0 unspecified atom stereocenters. The van der Waals surface area contributed by atoms with E-state index in [1.54, 1.807) is 6.07 Å². The molecule has 0 saturated heterocycles. The topological polar surface area (TPSA) is 88.0 Å². The number of aromatic amines is 1. The minimum absolute atomic E-state index is 0.0128. The van der Waals surface area contributed by atoms with Crippen molar-refractivity contribution >= 4 is 10.0 Å². The van der Waals surface area contributed by atoms with Crippen molar-refractivity contribution in [2.45, 2.75) is 44.2 Å². The number of H-pyrrole nitrogens is 1. The Morgan fingerprint density at radius 2 is 2.06 bits per heavy atom. The maximum atomic E-state index is 11.9. The Balaban J connectivity index is 2.85. The van der Waals surface area contributed by atoms with Crippen LogP contribution in [0.4, 0.5) is 0 Å². The van der Waals surface area contributed by atoms with Gasteiger partial charge in [0, 0.05) is 24.5 Å². The highest BCUT2D eigenvalue weighted by Crippen LogP contribution is 2.12. The van der Waals surface area contributed by atoms with Crippen molar-refractivity contribution in [3.63, 3.8) is 0 Å². The summed E-state index contributed by atoms with van der Waals surface area (Å²) >= 11 is 0. The van der Waals surface area contributed by atoms with E-state index in [2.05, 4.69) is 9.71 Å². The van der Waals surface area contributed by atoms with E-state index in [-0.39, 0.29) is 10.9 Å². The van der Waals surface area contributed by atoms with Crippen LogP contribution < -0.4 is 10.5 Å². The van der Waals surface area contributed by atoms with E-state index in [0.717, 1.165) is 12.8 Å². The van der Waals surface area contributed by atoms with Crippen LogP contribution in [-0.2, 0) is 16.6 Å². The van der Waals surface area contributed by atoms with Crippen molar-refractivity contribution in [2.24, 2.45) is 5.73 Å². The van der Waals surface area contributed by atoms with E-state index in [1.807, 2.05) is 13.8 Å². The predicted molar refractivity (Wildman–Crippen MR) is 63.4 cm³/mol. The number of nitrogens with two attached hydrogens (primary N) is 1. The van der Waals surface area contributed by atoms with Crippen LogP contribution in [0.3, 0.4) is 0 Å². The first kappa shape index (κ1) is 13.2. The molecule has 1 aromatic rings. The Bertz CT molecular complexity index is 421. The lowest BCUT2D eigenvalue weighted by molar-refractivity contribution is 0.530. The highest BCUT2D eigenvalue weighted by molar-refractivity contribution is 7.89. The van der Waals surface area contributed by atoms with Crippen molar-refractivity contribution < 1.29 is 8.42 Å². The quantitative estimate of drug-likeness (QED) is 0.697. The summed E-state index contributed by atoms with van der Waals surface area (Å²) in [5.41, 5.74) is 6.13. The summed E-state index contributed by atoms with van der Waals surface area (Å²) in [6, 6.07) is 1.55. The first-order valence-electron chi connectivity index (χ1n) is 5.43. The molecule has 4 N–H and O–H groups in total. The molecule has 0 radical (unpaired) electrons. The molecule has 0 aliphatic rings. The molecule has 0 spiro atoms. The van der Waals surface area contributed by atoms with Gasteiger partial charge in [-0.05, 0) is 18.9 Å². The third-order valence-electron chi connectivity index (χ3n) is 2.55. The molecule has 0 amide bonds. The molecule has 1 rings (SSSR count). The Labute approximate surface area is 96.5 Å². The standard InChI is InChI=1S/C10H19N3O2S/c1-3-8(4-2)13-16(14,15)10-5-9(6-11)12-7-10/h5,7-8,12-13H,3-4,6,11H2,1-2H3. The first-order chi connectivity index (χ1) is 7.53. The van der Waals surface area contributed by atoms with E-state index in [4.69, 9.17) is 5.73 Å². The Hall–Kier alpha value is -0.850. The maximum Gasteiger partial charge on any atom is 0.242 e. The molecule has 0 saturated carbocycles. The third-order valence-corrected chi connectivity index (χ3v) is 4.05. The number of nitrogens with one attached hydrogen (secondary N) is 2. The number of hydrogen-bond donors (Lipinski definition) is 3. The van der Waals surface area contributed by atoms with E-state index in [1.165, 1.54) is 6.20 Å². The fraction of sp³-hybridized carbons (Fsp3) is 0.600. The zero-order chi connectivity index (χ0) is 12.2. The normalized spacial score (nSPS) is 12.2. The Kier molecular flexibility index (Phi) is 4.52. The molecule has 0 bridgehead atoms. The van der Waals surface area contributed by atoms with Crippen LogP contribution in [-0.4, -0.2) is 19.4 Å². The summed E-state index contributed by atoms with van der Waals surface area (Å²) in [7, 11) is -3.41. The summed E-state index contributed by atoms with van der Waals surface area (Å²) in [6.07, 6.45) is 3.03. The van der Waals surface area contributed by atoms with Gasteiger partial charge in [-0.2, -0.15) is 0 Å². The first-order valence-corrected chi connectivity index (χ1v) is 6.91. The van der Waals surface area contributed by atoms with E-state index in [9.17, 15) is 8.42 Å². The van der Waals surface area contributed by atoms with Gasteiger partial charge in [-0.25, -0.2) is 13.1 Å². The molecule has 92 valence electrons. The van der Waals surface area contributed by atoms with Crippen LogP contribution in [0.25, 0.3) is 0 Å². The van der Waals surface area contributed by atoms with Crippen LogP contribution >= 0.6 is 0 Å². The Morgan fingerprint density at radius 1 is 1.44 bits per heavy atom. The molecular formula is C10H19N3O2S. The number of rotatable bonds is 6. The molecule has 0 fully saturated rings. The monoisotopic (exact) mass is 245 g/mol. The van der Waals surface area contributed by atoms with Gasteiger partial charge in [0.15, 0.2) is 0 Å². The highest BCUT2D eigenvalue weighted by Gasteiger charge is 2.18. The number of hydrogen-bond acceptors (Lipinski definition) is 3. The minimum Gasteiger partial charge on any atom is -0.363 e. The SMILES string of the molecule is CCC(CC)NS(=O)(=O)c1c[nH]c(CN)c1. The van der Waals surface area contributed by atoms with Crippen molar-refractivity contribution in [3.05, 3.63) is 18.0 Å². The van der Waals surface area contributed by atoms with Gasteiger partial charge in [0.2, 0.25) is 10.0 Å². The Morgan fingerprint density at radius 3 is 2.50 bits per heavy atom. The van der Waals surface area contributed by atoms with Gasteiger partial charge in [-0.15, -0.1) is 0 Å². The summed E-state index contributed by atoms with van der Waals surface area (Å²) in [5, 5.41) is 0. The summed E-state index contributed by atoms with van der Waals surface area (Å²) < 4.78 is 26.5. The zero-order valence-corrected chi connectivity index (χ0v) is 10.5. The minimum atomic E-state index is -3.41. The van der Waals surface area contributed by atoms with Gasteiger partial charge in [0.1, 0.15) is 0 Å². The molecule has 0 aromatic carbocycles. The van der Waals surface area contributed by atoms with E-state index >= 15 is 0 Å². The van der Waals surface area contributed by atoms with Gasteiger partial charge >= 0.3 is 0 Å². The van der Waals surface area contributed by atoms with Gasteiger partial charge in [0.25, 0.3) is 0 Å². The van der Waals surface area contributed by atoms with Crippen LogP contribution in [0.2, 0.25) is 0 Å². The summed E-state index contributed by atoms with van der Waals surface area (Å²) in [4.78, 5) is 3.08.